The summed E-state index contributed by atoms with van der Waals surface area (Å²) in [7, 11) is 3.10. The number of halogens is 1. The molecule has 1 aromatic carbocycles. The van der Waals surface area contributed by atoms with E-state index in [-0.39, 0.29) is 11.9 Å². The number of benzene rings is 1. The third kappa shape index (κ3) is 3.53. The van der Waals surface area contributed by atoms with E-state index in [1.54, 1.807) is 49.8 Å². The molecule has 3 rings (SSSR count). The van der Waals surface area contributed by atoms with Crippen molar-refractivity contribution in [3.63, 3.8) is 0 Å². The Bertz CT molecular complexity index is 815. The maximum atomic E-state index is 12.6. The lowest BCUT2D eigenvalue weighted by Gasteiger charge is -2.32. The zero-order valence-electron chi connectivity index (χ0n) is 14.4. The van der Waals surface area contributed by atoms with Crippen LogP contribution in [0, 0.1) is 0 Å². The fraction of sp³-hybridized carbons (Fsp3) is 0.316. The predicted molar refractivity (Wildman–Crippen MR) is 102 cm³/mol. The average Bonchev–Trinajstić information content (AvgIpc) is 3.09. The second-order valence-electron chi connectivity index (χ2n) is 5.83. The van der Waals surface area contributed by atoms with Gasteiger partial charge >= 0.3 is 0 Å². The van der Waals surface area contributed by atoms with E-state index in [1.807, 2.05) is 4.90 Å². The Hall–Kier alpha value is -1.98. The summed E-state index contributed by atoms with van der Waals surface area (Å²) in [6.45, 7) is 2.81. The van der Waals surface area contributed by atoms with Crippen LogP contribution >= 0.6 is 22.9 Å². The predicted octanol–water partition coefficient (Wildman–Crippen LogP) is 4.58. The molecule has 1 aliphatic heterocycles. The van der Waals surface area contributed by atoms with Gasteiger partial charge in [-0.2, -0.15) is 0 Å². The summed E-state index contributed by atoms with van der Waals surface area (Å²) in [6, 6.07) is 5.76. The zero-order valence-corrected chi connectivity index (χ0v) is 16.0. The molecule has 0 bridgehead atoms. The third-order valence-corrected chi connectivity index (χ3v) is 5.71. The number of ether oxygens (including phenoxy) is 2. The van der Waals surface area contributed by atoms with Crippen molar-refractivity contribution in [2.75, 3.05) is 20.8 Å². The van der Waals surface area contributed by atoms with Crippen LogP contribution in [-0.2, 0) is 11.2 Å². The van der Waals surface area contributed by atoms with Crippen molar-refractivity contribution in [2.24, 2.45) is 0 Å². The van der Waals surface area contributed by atoms with Crippen LogP contribution in [0.4, 0.5) is 0 Å². The van der Waals surface area contributed by atoms with Gasteiger partial charge in [-0.1, -0.05) is 11.6 Å². The molecule has 2 heterocycles. The first-order valence-electron chi connectivity index (χ1n) is 8.01. The summed E-state index contributed by atoms with van der Waals surface area (Å²) >= 11 is 7.98. The lowest BCUT2D eigenvalue weighted by Crippen LogP contribution is -2.37. The molecule has 1 amide bonds. The quantitative estimate of drug-likeness (QED) is 0.732. The summed E-state index contributed by atoms with van der Waals surface area (Å²) in [4.78, 5) is 15.9. The second kappa shape index (κ2) is 7.50. The first-order valence-corrected chi connectivity index (χ1v) is 9.27. The summed E-state index contributed by atoms with van der Waals surface area (Å²) in [5, 5.41) is 2.54. The number of carbonyl (C=O) groups excluding carboxylic acids is 1. The van der Waals surface area contributed by atoms with Gasteiger partial charge in [-0.15, -0.1) is 11.3 Å². The maximum Gasteiger partial charge on any atom is 0.247 e. The highest BCUT2D eigenvalue weighted by Gasteiger charge is 2.27. The molecule has 1 aromatic heterocycles. The average molecular weight is 378 g/mol. The van der Waals surface area contributed by atoms with Gasteiger partial charge < -0.3 is 14.4 Å². The molecule has 0 spiro atoms. The number of hydrogen-bond acceptors (Lipinski definition) is 4. The highest BCUT2D eigenvalue weighted by molar-refractivity contribution is 7.10. The van der Waals surface area contributed by atoms with Gasteiger partial charge in [0.15, 0.2) is 11.5 Å². The van der Waals surface area contributed by atoms with E-state index >= 15 is 0 Å². The molecule has 0 aliphatic carbocycles. The van der Waals surface area contributed by atoms with Gasteiger partial charge in [0.1, 0.15) is 0 Å². The van der Waals surface area contributed by atoms with Crippen LogP contribution in [0.25, 0.3) is 6.08 Å². The molecule has 6 heteroatoms. The van der Waals surface area contributed by atoms with Crippen LogP contribution in [0.15, 0.2) is 29.7 Å². The number of hydrogen-bond donors (Lipinski definition) is 0. The van der Waals surface area contributed by atoms with Crippen LogP contribution in [0.5, 0.6) is 11.5 Å². The number of rotatable bonds is 4. The molecule has 0 radical (unpaired) electrons. The third-order valence-electron chi connectivity index (χ3n) is 4.43. The van der Waals surface area contributed by atoms with Gasteiger partial charge in [0.25, 0.3) is 0 Å². The normalized spacial score (nSPS) is 16.8. The molecule has 1 aliphatic rings. The molecule has 0 unspecified atom stereocenters. The minimum Gasteiger partial charge on any atom is -0.493 e. The Labute approximate surface area is 156 Å². The molecular weight excluding hydrogens is 358 g/mol. The Kier molecular flexibility index (Phi) is 5.35. The van der Waals surface area contributed by atoms with E-state index in [4.69, 9.17) is 21.1 Å². The Balaban J connectivity index is 1.78. The second-order valence-corrected chi connectivity index (χ2v) is 7.24. The lowest BCUT2D eigenvalue weighted by atomic mass is 10.0. The SMILES string of the molecule is COc1cc(/C=C/C(=O)N2CCc3sccc3[C@@H]2C)cc(Cl)c1OC. The lowest BCUT2D eigenvalue weighted by molar-refractivity contribution is -0.128. The zero-order chi connectivity index (χ0) is 18.0. The Morgan fingerprint density at radius 1 is 1.36 bits per heavy atom. The Morgan fingerprint density at radius 2 is 2.16 bits per heavy atom. The van der Waals surface area contributed by atoms with Crippen LogP contribution in [0.3, 0.4) is 0 Å². The molecule has 25 heavy (non-hydrogen) atoms. The number of nitrogens with zero attached hydrogens (tertiary/aromatic N) is 1. The van der Waals surface area contributed by atoms with E-state index in [0.29, 0.717) is 16.5 Å². The molecule has 2 aromatic rings. The monoisotopic (exact) mass is 377 g/mol. The van der Waals surface area contributed by atoms with Crippen LogP contribution in [-0.4, -0.2) is 31.6 Å². The first kappa shape index (κ1) is 17.8. The van der Waals surface area contributed by atoms with Crippen molar-refractivity contribution in [2.45, 2.75) is 19.4 Å². The topological polar surface area (TPSA) is 38.8 Å². The summed E-state index contributed by atoms with van der Waals surface area (Å²) in [5.74, 6) is 1.02. The van der Waals surface area contributed by atoms with Crippen molar-refractivity contribution < 1.29 is 14.3 Å². The summed E-state index contributed by atoms with van der Waals surface area (Å²) < 4.78 is 10.5. The molecule has 0 N–H and O–H groups in total. The maximum absolute atomic E-state index is 12.6. The molecule has 0 fully saturated rings. The minimum atomic E-state index is -0.00439. The van der Waals surface area contributed by atoms with Gasteiger partial charge in [0.2, 0.25) is 5.91 Å². The number of amides is 1. The largest absolute Gasteiger partial charge is 0.493 e. The molecular formula is C19H20ClNO3S. The van der Waals surface area contributed by atoms with E-state index < -0.39 is 0 Å². The fourth-order valence-electron chi connectivity index (χ4n) is 3.11. The van der Waals surface area contributed by atoms with Crippen molar-refractivity contribution in [1.29, 1.82) is 0 Å². The van der Waals surface area contributed by atoms with Crippen LogP contribution in [0.2, 0.25) is 5.02 Å². The number of thiophene rings is 1. The standard InChI is InChI=1S/C19H20ClNO3S/c1-12-14-7-9-25-17(14)6-8-21(12)18(22)5-4-13-10-15(20)19(24-3)16(11-13)23-2/h4-5,7,9-12H,6,8H2,1-3H3/b5-4+/t12-/m0/s1. The molecule has 0 saturated carbocycles. The van der Waals surface area contributed by atoms with E-state index in [9.17, 15) is 4.79 Å². The molecule has 1 atom stereocenters. The number of carbonyl (C=O) groups is 1. The van der Waals surface area contributed by atoms with Crippen molar-refractivity contribution >= 4 is 34.9 Å². The van der Waals surface area contributed by atoms with Gasteiger partial charge in [0, 0.05) is 17.5 Å². The highest BCUT2D eigenvalue weighted by Crippen LogP contribution is 2.36. The highest BCUT2D eigenvalue weighted by atomic mass is 35.5. The number of methoxy groups -OCH3 is 2. The van der Waals surface area contributed by atoms with E-state index in [2.05, 4.69) is 18.4 Å². The first-order chi connectivity index (χ1) is 12.0. The Morgan fingerprint density at radius 3 is 2.88 bits per heavy atom. The van der Waals surface area contributed by atoms with Crippen LogP contribution in [0.1, 0.15) is 29.0 Å². The van der Waals surface area contributed by atoms with E-state index in [0.717, 1.165) is 18.5 Å². The van der Waals surface area contributed by atoms with Gasteiger partial charge in [-0.05, 0) is 54.1 Å². The van der Waals surface area contributed by atoms with Gasteiger partial charge in [-0.25, -0.2) is 0 Å². The van der Waals surface area contributed by atoms with E-state index in [1.165, 1.54) is 10.4 Å². The number of fused-ring (bicyclic) bond motifs is 1. The fourth-order valence-corrected chi connectivity index (χ4v) is 4.37. The molecule has 4 nitrogen and oxygen atoms in total. The van der Waals surface area contributed by atoms with Gasteiger partial charge in [-0.3, -0.25) is 4.79 Å². The smallest absolute Gasteiger partial charge is 0.247 e. The van der Waals surface area contributed by atoms with Crippen molar-refractivity contribution in [1.82, 2.24) is 4.90 Å². The molecule has 132 valence electrons. The van der Waals surface area contributed by atoms with Crippen molar-refractivity contribution in [3.05, 3.63) is 50.7 Å². The minimum absolute atomic E-state index is 0.00439. The van der Waals surface area contributed by atoms with Crippen LogP contribution < -0.4 is 9.47 Å². The van der Waals surface area contributed by atoms with Crippen molar-refractivity contribution in [3.8, 4) is 11.5 Å². The summed E-state index contributed by atoms with van der Waals surface area (Å²) in [5.41, 5.74) is 2.05. The van der Waals surface area contributed by atoms with Gasteiger partial charge in [0.05, 0.1) is 25.3 Å². The summed E-state index contributed by atoms with van der Waals surface area (Å²) in [6.07, 6.45) is 4.26. The molecule has 0 saturated heterocycles.